The molecule has 2 heteroatoms. The predicted molar refractivity (Wildman–Crippen MR) is 86.2 cm³/mol. The highest BCUT2D eigenvalue weighted by Crippen LogP contribution is 2.50. The predicted octanol–water partition coefficient (Wildman–Crippen LogP) is 4.93. The largest absolute Gasteiger partial charge is 0.325 e. The third-order valence-electron chi connectivity index (χ3n) is 4.12. The van der Waals surface area contributed by atoms with E-state index in [0.29, 0.717) is 10.8 Å². The number of benzene rings is 1. The summed E-state index contributed by atoms with van der Waals surface area (Å²) < 4.78 is 1.18. The minimum absolute atomic E-state index is 0.0882. The average molecular weight is 324 g/mol. The van der Waals surface area contributed by atoms with Gasteiger partial charge in [-0.25, -0.2) is 0 Å². The van der Waals surface area contributed by atoms with Crippen molar-refractivity contribution in [3.8, 4) is 0 Å². The van der Waals surface area contributed by atoms with Crippen LogP contribution in [0.5, 0.6) is 0 Å². The van der Waals surface area contributed by atoms with Gasteiger partial charge in [-0.1, -0.05) is 61.8 Å². The van der Waals surface area contributed by atoms with E-state index in [-0.39, 0.29) is 5.54 Å². The van der Waals surface area contributed by atoms with E-state index >= 15 is 0 Å². The van der Waals surface area contributed by atoms with Gasteiger partial charge in [-0.05, 0) is 48.1 Å². The van der Waals surface area contributed by atoms with Crippen molar-refractivity contribution in [1.29, 1.82) is 0 Å². The van der Waals surface area contributed by atoms with E-state index in [1.807, 2.05) is 0 Å². The fraction of sp³-hybridized carbons (Fsp3) is 0.647. The van der Waals surface area contributed by atoms with E-state index < -0.39 is 0 Å². The SMILES string of the molecule is CC1(C)CC(C)(C)CC(N)(Cc2ccccc2Br)C1. The third kappa shape index (κ3) is 3.82. The van der Waals surface area contributed by atoms with Crippen molar-refractivity contribution in [3.05, 3.63) is 34.3 Å². The molecule has 2 rings (SSSR count). The molecule has 1 aliphatic rings. The molecular weight excluding hydrogens is 298 g/mol. The van der Waals surface area contributed by atoms with Gasteiger partial charge >= 0.3 is 0 Å². The van der Waals surface area contributed by atoms with Gasteiger partial charge in [0.05, 0.1) is 0 Å². The molecule has 0 unspecified atom stereocenters. The molecule has 1 fully saturated rings. The van der Waals surface area contributed by atoms with Crippen molar-refractivity contribution >= 4 is 15.9 Å². The van der Waals surface area contributed by atoms with Gasteiger partial charge in [0.2, 0.25) is 0 Å². The van der Waals surface area contributed by atoms with Crippen LogP contribution in [0, 0.1) is 10.8 Å². The molecule has 0 amide bonds. The second kappa shape index (κ2) is 4.89. The van der Waals surface area contributed by atoms with Crippen LogP contribution in [0.3, 0.4) is 0 Å². The number of nitrogens with two attached hydrogens (primary N) is 1. The Kier molecular flexibility index (Phi) is 3.88. The Morgan fingerprint density at radius 1 is 1.00 bits per heavy atom. The van der Waals surface area contributed by atoms with Gasteiger partial charge in [0.1, 0.15) is 0 Å². The zero-order chi connectivity index (χ0) is 14.3. The third-order valence-corrected chi connectivity index (χ3v) is 4.89. The van der Waals surface area contributed by atoms with Gasteiger partial charge in [0.15, 0.2) is 0 Å². The topological polar surface area (TPSA) is 26.0 Å². The van der Waals surface area contributed by atoms with Crippen LogP contribution < -0.4 is 5.73 Å². The summed E-state index contributed by atoms with van der Waals surface area (Å²) in [4.78, 5) is 0. The molecular formula is C17H26BrN. The lowest BCUT2D eigenvalue weighted by Gasteiger charge is -2.50. The van der Waals surface area contributed by atoms with Gasteiger partial charge in [-0.2, -0.15) is 0 Å². The number of hydrogen-bond acceptors (Lipinski definition) is 1. The highest BCUT2D eigenvalue weighted by atomic mass is 79.9. The quantitative estimate of drug-likeness (QED) is 0.820. The van der Waals surface area contributed by atoms with Crippen molar-refractivity contribution in [3.63, 3.8) is 0 Å². The summed E-state index contributed by atoms with van der Waals surface area (Å²) in [6.07, 6.45) is 4.42. The molecule has 0 saturated heterocycles. The van der Waals surface area contributed by atoms with Crippen LogP contribution in [0.15, 0.2) is 28.7 Å². The molecule has 0 spiro atoms. The van der Waals surface area contributed by atoms with Crippen molar-refractivity contribution in [2.24, 2.45) is 16.6 Å². The lowest BCUT2D eigenvalue weighted by molar-refractivity contribution is 0.0487. The minimum atomic E-state index is -0.0882. The Labute approximate surface area is 126 Å². The Balaban J connectivity index is 2.25. The fourth-order valence-corrected chi connectivity index (χ4v) is 4.96. The fourth-order valence-electron chi connectivity index (χ4n) is 4.54. The molecule has 2 N–H and O–H groups in total. The first-order chi connectivity index (χ1) is 8.61. The monoisotopic (exact) mass is 323 g/mol. The van der Waals surface area contributed by atoms with Crippen LogP contribution in [0.4, 0.5) is 0 Å². The summed E-state index contributed by atoms with van der Waals surface area (Å²) in [6, 6.07) is 8.46. The van der Waals surface area contributed by atoms with Crippen LogP contribution in [0.1, 0.15) is 52.5 Å². The Hall–Kier alpha value is -0.340. The minimum Gasteiger partial charge on any atom is -0.325 e. The molecule has 1 aromatic carbocycles. The van der Waals surface area contributed by atoms with Crippen LogP contribution in [-0.4, -0.2) is 5.54 Å². The van der Waals surface area contributed by atoms with E-state index in [9.17, 15) is 0 Å². The molecule has 0 bridgehead atoms. The summed E-state index contributed by atoms with van der Waals surface area (Å²) in [5.74, 6) is 0. The van der Waals surface area contributed by atoms with Gasteiger partial charge < -0.3 is 5.73 Å². The lowest BCUT2D eigenvalue weighted by atomic mass is 9.57. The average Bonchev–Trinajstić information content (AvgIpc) is 2.15. The normalized spacial score (nSPS) is 24.1. The molecule has 1 aliphatic carbocycles. The molecule has 106 valence electrons. The van der Waals surface area contributed by atoms with E-state index in [4.69, 9.17) is 5.73 Å². The van der Waals surface area contributed by atoms with Crippen LogP contribution in [-0.2, 0) is 6.42 Å². The van der Waals surface area contributed by atoms with Crippen molar-refractivity contribution in [2.45, 2.75) is 58.9 Å². The van der Waals surface area contributed by atoms with Gasteiger partial charge in [-0.15, -0.1) is 0 Å². The maximum absolute atomic E-state index is 6.79. The number of hydrogen-bond donors (Lipinski definition) is 1. The molecule has 0 heterocycles. The first kappa shape index (κ1) is 15.1. The smallest absolute Gasteiger partial charge is 0.0207 e. The summed E-state index contributed by atoms with van der Waals surface area (Å²) in [6.45, 7) is 9.43. The van der Waals surface area contributed by atoms with Crippen LogP contribution in [0.25, 0.3) is 0 Å². The van der Waals surface area contributed by atoms with Crippen LogP contribution in [0.2, 0.25) is 0 Å². The lowest BCUT2D eigenvalue weighted by Crippen LogP contribution is -2.53. The van der Waals surface area contributed by atoms with E-state index in [1.165, 1.54) is 16.5 Å². The maximum atomic E-state index is 6.79. The number of rotatable bonds is 2. The summed E-state index contributed by atoms with van der Waals surface area (Å²) in [7, 11) is 0. The molecule has 19 heavy (non-hydrogen) atoms. The Morgan fingerprint density at radius 2 is 1.53 bits per heavy atom. The zero-order valence-electron chi connectivity index (χ0n) is 12.6. The second-order valence-electron chi connectivity index (χ2n) is 7.99. The highest BCUT2D eigenvalue weighted by molar-refractivity contribution is 9.10. The first-order valence-corrected chi connectivity index (χ1v) is 7.93. The summed E-state index contributed by atoms with van der Waals surface area (Å²) >= 11 is 3.65. The Morgan fingerprint density at radius 3 is 2.05 bits per heavy atom. The summed E-state index contributed by atoms with van der Waals surface area (Å²) in [5.41, 5.74) is 8.70. The molecule has 1 aromatic rings. The molecule has 0 atom stereocenters. The first-order valence-electron chi connectivity index (χ1n) is 7.13. The molecule has 0 aliphatic heterocycles. The van der Waals surface area contributed by atoms with Gasteiger partial charge in [-0.3, -0.25) is 0 Å². The van der Waals surface area contributed by atoms with E-state index in [0.717, 1.165) is 19.3 Å². The van der Waals surface area contributed by atoms with Crippen molar-refractivity contribution < 1.29 is 0 Å². The highest BCUT2D eigenvalue weighted by Gasteiger charge is 2.45. The van der Waals surface area contributed by atoms with E-state index in [2.05, 4.69) is 67.9 Å². The number of halogens is 1. The molecule has 1 saturated carbocycles. The summed E-state index contributed by atoms with van der Waals surface area (Å²) in [5, 5.41) is 0. The van der Waals surface area contributed by atoms with Crippen molar-refractivity contribution in [2.75, 3.05) is 0 Å². The van der Waals surface area contributed by atoms with Gasteiger partial charge in [0, 0.05) is 10.0 Å². The standard InChI is InChI=1S/C17H26BrN/c1-15(2)10-16(3,4)12-17(19,11-15)9-13-7-5-6-8-14(13)18/h5-8H,9-12,19H2,1-4H3. The van der Waals surface area contributed by atoms with Crippen molar-refractivity contribution in [1.82, 2.24) is 0 Å². The molecule has 0 aromatic heterocycles. The maximum Gasteiger partial charge on any atom is 0.0207 e. The van der Waals surface area contributed by atoms with Crippen LogP contribution >= 0.6 is 15.9 Å². The molecule has 0 radical (unpaired) electrons. The zero-order valence-corrected chi connectivity index (χ0v) is 14.2. The Bertz CT molecular complexity index is 446. The van der Waals surface area contributed by atoms with Gasteiger partial charge in [0.25, 0.3) is 0 Å². The second-order valence-corrected chi connectivity index (χ2v) is 8.84. The van der Waals surface area contributed by atoms with E-state index in [1.54, 1.807) is 0 Å². The molecule has 1 nitrogen and oxygen atoms in total.